The van der Waals surface area contributed by atoms with Gasteiger partial charge < -0.3 is 10.1 Å². The van der Waals surface area contributed by atoms with Crippen LogP contribution < -0.4 is 5.32 Å². The van der Waals surface area contributed by atoms with Gasteiger partial charge in [-0.1, -0.05) is 0 Å². The van der Waals surface area contributed by atoms with Gasteiger partial charge in [-0.2, -0.15) is 5.10 Å². The maximum absolute atomic E-state index is 12.1. The minimum Gasteiger partial charge on any atom is -0.381 e. The van der Waals surface area contributed by atoms with Crippen molar-refractivity contribution in [3.8, 4) is 0 Å². The lowest BCUT2D eigenvalue weighted by molar-refractivity contribution is 0.0779. The zero-order valence-corrected chi connectivity index (χ0v) is 13.2. The Morgan fingerprint density at radius 1 is 1.52 bits per heavy atom. The van der Waals surface area contributed by atoms with E-state index in [1.54, 1.807) is 23.3 Å². The van der Waals surface area contributed by atoms with Crippen LogP contribution in [-0.2, 0) is 17.8 Å². The molecule has 7 heteroatoms. The number of aryl methyl sites for hydroxylation is 1. The zero-order chi connectivity index (χ0) is 16.1. The average Bonchev–Trinajstić information content (AvgIpc) is 3.10. The first kappa shape index (κ1) is 15.6. The fourth-order valence-corrected chi connectivity index (χ4v) is 2.58. The number of nitrogens with one attached hydrogen (secondary N) is 1. The molecule has 0 aliphatic carbocycles. The van der Waals surface area contributed by atoms with E-state index in [-0.39, 0.29) is 11.8 Å². The zero-order valence-electron chi connectivity index (χ0n) is 13.2. The van der Waals surface area contributed by atoms with E-state index in [0.29, 0.717) is 18.7 Å². The fraction of sp³-hybridized carbons (Fsp3) is 0.500. The number of carbonyl (C=O) groups excluding carboxylic acids is 1. The molecule has 122 valence electrons. The largest absolute Gasteiger partial charge is 0.381 e. The standard InChI is InChI=1S/C16H21N5O2/c1-2-21-10-13(8-19-21)16(22)18-9-14-5-6-17-15(20-14)12-4-3-7-23-11-12/h5-6,8,10,12H,2-4,7,9,11H2,1H3,(H,18,22). The van der Waals surface area contributed by atoms with Gasteiger partial charge in [-0.3, -0.25) is 9.48 Å². The van der Waals surface area contributed by atoms with Crippen LogP contribution in [0.5, 0.6) is 0 Å². The van der Waals surface area contributed by atoms with E-state index in [1.165, 1.54) is 0 Å². The summed E-state index contributed by atoms with van der Waals surface area (Å²) in [5.74, 6) is 0.906. The molecule has 0 bridgehead atoms. The molecule has 1 aliphatic heterocycles. The number of hydrogen-bond acceptors (Lipinski definition) is 5. The van der Waals surface area contributed by atoms with Crippen molar-refractivity contribution in [2.24, 2.45) is 0 Å². The summed E-state index contributed by atoms with van der Waals surface area (Å²) in [6, 6.07) is 1.82. The van der Waals surface area contributed by atoms with Crippen molar-refractivity contribution in [1.82, 2.24) is 25.1 Å². The molecule has 0 aromatic carbocycles. The normalized spacial score (nSPS) is 17.9. The lowest BCUT2D eigenvalue weighted by atomic mass is 10.0. The van der Waals surface area contributed by atoms with Crippen LogP contribution in [0.4, 0.5) is 0 Å². The molecule has 1 N–H and O–H groups in total. The summed E-state index contributed by atoms with van der Waals surface area (Å²) in [7, 11) is 0. The van der Waals surface area contributed by atoms with Crippen LogP contribution in [-0.4, -0.2) is 38.9 Å². The van der Waals surface area contributed by atoms with Crippen molar-refractivity contribution in [2.75, 3.05) is 13.2 Å². The first-order valence-electron chi connectivity index (χ1n) is 7.96. The van der Waals surface area contributed by atoms with E-state index in [4.69, 9.17) is 4.74 Å². The van der Waals surface area contributed by atoms with Crippen molar-refractivity contribution in [1.29, 1.82) is 0 Å². The lowest BCUT2D eigenvalue weighted by Gasteiger charge is -2.20. The molecule has 7 nitrogen and oxygen atoms in total. The van der Waals surface area contributed by atoms with Crippen molar-refractivity contribution in [2.45, 2.75) is 38.8 Å². The fourth-order valence-electron chi connectivity index (χ4n) is 2.58. The molecule has 0 spiro atoms. The van der Waals surface area contributed by atoms with Gasteiger partial charge in [0.15, 0.2) is 0 Å². The van der Waals surface area contributed by atoms with E-state index < -0.39 is 0 Å². The highest BCUT2D eigenvalue weighted by Gasteiger charge is 2.19. The van der Waals surface area contributed by atoms with Gasteiger partial charge in [-0.15, -0.1) is 0 Å². The molecule has 1 saturated heterocycles. The quantitative estimate of drug-likeness (QED) is 0.904. The van der Waals surface area contributed by atoms with Gasteiger partial charge in [0.2, 0.25) is 0 Å². The molecule has 0 radical (unpaired) electrons. The molecule has 2 aromatic heterocycles. The van der Waals surface area contributed by atoms with Crippen molar-refractivity contribution in [3.63, 3.8) is 0 Å². The maximum Gasteiger partial charge on any atom is 0.254 e. The van der Waals surface area contributed by atoms with Crippen LogP contribution in [0.2, 0.25) is 0 Å². The summed E-state index contributed by atoms with van der Waals surface area (Å²) in [4.78, 5) is 21.0. The van der Waals surface area contributed by atoms with E-state index in [0.717, 1.165) is 37.5 Å². The van der Waals surface area contributed by atoms with Gasteiger partial charge in [0.1, 0.15) is 5.82 Å². The Labute approximate surface area is 135 Å². The van der Waals surface area contributed by atoms with Gasteiger partial charge in [-0.05, 0) is 25.8 Å². The monoisotopic (exact) mass is 315 g/mol. The molecule has 1 unspecified atom stereocenters. The Bertz CT molecular complexity index is 664. The number of nitrogens with zero attached hydrogens (tertiary/aromatic N) is 4. The molecule has 1 aliphatic rings. The van der Waals surface area contributed by atoms with E-state index in [2.05, 4.69) is 20.4 Å². The Morgan fingerprint density at radius 3 is 3.17 bits per heavy atom. The number of carbonyl (C=O) groups is 1. The topological polar surface area (TPSA) is 81.9 Å². The second kappa shape index (κ2) is 7.32. The van der Waals surface area contributed by atoms with Gasteiger partial charge in [0, 0.05) is 31.5 Å². The predicted molar refractivity (Wildman–Crippen MR) is 83.9 cm³/mol. The molecule has 0 saturated carbocycles. The van der Waals surface area contributed by atoms with Gasteiger partial charge in [0.25, 0.3) is 5.91 Å². The minimum atomic E-state index is -0.147. The highest BCUT2D eigenvalue weighted by molar-refractivity contribution is 5.93. The van der Waals surface area contributed by atoms with E-state index in [1.807, 2.05) is 13.0 Å². The Kier molecular flexibility index (Phi) is 4.97. The number of ether oxygens (including phenoxy) is 1. The van der Waals surface area contributed by atoms with Crippen LogP contribution in [0.25, 0.3) is 0 Å². The smallest absolute Gasteiger partial charge is 0.254 e. The molecule has 1 fully saturated rings. The Morgan fingerprint density at radius 2 is 2.43 bits per heavy atom. The number of amides is 1. The second-order valence-electron chi connectivity index (χ2n) is 5.59. The van der Waals surface area contributed by atoms with E-state index >= 15 is 0 Å². The number of aromatic nitrogens is 4. The third-order valence-electron chi connectivity index (χ3n) is 3.91. The molecular formula is C16H21N5O2. The Hall–Kier alpha value is -2.28. The molecule has 2 aromatic rings. The molecular weight excluding hydrogens is 294 g/mol. The summed E-state index contributed by atoms with van der Waals surface area (Å²) in [5, 5.41) is 6.97. The van der Waals surface area contributed by atoms with Crippen LogP contribution in [0, 0.1) is 0 Å². The van der Waals surface area contributed by atoms with Crippen molar-refractivity contribution < 1.29 is 9.53 Å². The highest BCUT2D eigenvalue weighted by atomic mass is 16.5. The van der Waals surface area contributed by atoms with E-state index in [9.17, 15) is 4.79 Å². The van der Waals surface area contributed by atoms with Gasteiger partial charge in [-0.25, -0.2) is 9.97 Å². The SMILES string of the molecule is CCn1cc(C(=O)NCc2ccnc(C3CCCOC3)n2)cn1. The van der Waals surface area contributed by atoms with Crippen LogP contribution in [0.3, 0.4) is 0 Å². The number of hydrogen-bond donors (Lipinski definition) is 1. The third kappa shape index (κ3) is 3.92. The maximum atomic E-state index is 12.1. The summed E-state index contributed by atoms with van der Waals surface area (Å²) < 4.78 is 7.21. The molecule has 23 heavy (non-hydrogen) atoms. The van der Waals surface area contributed by atoms with Crippen molar-refractivity contribution in [3.05, 3.63) is 41.7 Å². The minimum absolute atomic E-state index is 0.147. The Balaban J connectivity index is 1.60. The lowest BCUT2D eigenvalue weighted by Crippen LogP contribution is -2.24. The van der Waals surface area contributed by atoms with Gasteiger partial charge >= 0.3 is 0 Å². The van der Waals surface area contributed by atoms with Crippen LogP contribution in [0.15, 0.2) is 24.7 Å². The summed E-state index contributed by atoms with van der Waals surface area (Å²) >= 11 is 0. The summed E-state index contributed by atoms with van der Waals surface area (Å²) in [5.41, 5.74) is 1.36. The van der Waals surface area contributed by atoms with Crippen LogP contribution in [0.1, 0.15) is 47.6 Å². The average molecular weight is 315 g/mol. The highest BCUT2D eigenvalue weighted by Crippen LogP contribution is 2.22. The first-order chi connectivity index (χ1) is 11.3. The molecule has 1 amide bonds. The van der Waals surface area contributed by atoms with Gasteiger partial charge in [0.05, 0.1) is 30.6 Å². The van der Waals surface area contributed by atoms with Crippen LogP contribution >= 0.6 is 0 Å². The summed E-state index contributed by atoms with van der Waals surface area (Å²) in [6.07, 6.45) is 7.14. The number of rotatable bonds is 5. The van der Waals surface area contributed by atoms with Crippen molar-refractivity contribution >= 4 is 5.91 Å². The molecule has 3 rings (SSSR count). The summed E-state index contributed by atoms with van der Waals surface area (Å²) in [6.45, 7) is 4.58. The second-order valence-corrected chi connectivity index (χ2v) is 5.59. The molecule has 3 heterocycles. The predicted octanol–water partition coefficient (Wildman–Crippen LogP) is 1.52. The first-order valence-corrected chi connectivity index (χ1v) is 7.96. The molecule has 1 atom stereocenters. The third-order valence-corrected chi connectivity index (χ3v) is 3.91.